The first-order valence-corrected chi connectivity index (χ1v) is 11.2. The molecule has 0 aliphatic heterocycles. The molecule has 0 aromatic rings. The van der Waals surface area contributed by atoms with E-state index in [2.05, 4.69) is 28.8 Å². The number of ether oxygens (including phenoxy) is 2. The molecule has 0 aliphatic rings. The lowest BCUT2D eigenvalue weighted by Gasteiger charge is -2.11. The van der Waals surface area contributed by atoms with Gasteiger partial charge in [0.25, 0.3) is 0 Å². The minimum Gasteiger partial charge on any atom is -0.445 e. The van der Waals surface area contributed by atoms with Crippen LogP contribution in [-0.2, 0) is 9.47 Å². The Morgan fingerprint density at radius 1 is 0.848 bits per heavy atom. The van der Waals surface area contributed by atoms with E-state index >= 15 is 0 Å². The van der Waals surface area contributed by atoms with Crippen molar-refractivity contribution in [3.8, 4) is 0 Å². The number of hydrogen-bond acceptors (Lipinski definition) is 5. The summed E-state index contributed by atoms with van der Waals surface area (Å²) in [4.78, 5) is 27.3. The van der Waals surface area contributed by atoms with Crippen LogP contribution in [0, 0.1) is 0 Å². The maximum Gasteiger partial charge on any atom is 0.414 e. The molecule has 7 heteroatoms. The monoisotopic (exact) mass is 463 g/mol. The Labute approximate surface area is 201 Å². The number of amides is 2. The van der Waals surface area contributed by atoms with Gasteiger partial charge in [-0.05, 0) is 25.0 Å². The first-order valence-electron chi connectivity index (χ1n) is 11.2. The molecule has 0 saturated carbocycles. The second-order valence-electron chi connectivity index (χ2n) is 5.09. The lowest BCUT2D eigenvalue weighted by molar-refractivity contribution is 0.158. The zero-order chi connectivity index (χ0) is 26.5. The quantitative estimate of drug-likeness (QED) is 0.233. The van der Waals surface area contributed by atoms with E-state index in [1.807, 2.05) is 61.5 Å². The molecular formula is C26H45N3O4. The number of rotatable bonds is 8. The predicted octanol–water partition coefficient (Wildman–Crippen LogP) is 6.88. The van der Waals surface area contributed by atoms with E-state index in [9.17, 15) is 9.59 Å². The molecule has 0 atom stereocenters. The zero-order valence-corrected chi connectivity index (χ0v) is 22.0. The maximum absolute atomic E-state index is 11.8. The third-order valence-corrected chi connectivity index (χ3v) is 2.81. The van der Waals surface area contributed by atoms with E-state index in [0.717, 1.165) is 11.1 Å². The Kier molecular flexibility index (Phi) is 34.6. The molecule has 0 radical (unpaired) electrons. The van der Waals surface area contributed by atoms with Gasteiger partial charge in [0.15, 0.2) is 0 Å². The number of nitrogens with one attached hydrogen (secondary N) is 2. The highest BCUT2D eigenvalue weighted by atomic mass is 16.6. The molecule has 33 heavy (non-hydrogen) atoms. The largest absolute Gasteiger partial charge is 0.445 e. The summed E-state index contributed by atoms with van der Waals surface area (Å²) >= 11 is 0. The van der Waals surface area contributed by atoms with Crippen molar-refractivity contribution in [1.82, 2.24) is 10.6 Å². The molecule has 0 bridgehead atoms. The van der Waals surface area contributed by atoms with Gasteiger partial charge in [0, 0.05) is 7.05 Å². The number of carbonyl (C=O) groups is 2. The highest BCUT2D eigenvalue weighted by molar-refractivity contribution is 6.01. The Morgan fingerprint density at radius 2 is 1.36 bits per heavy atom. The van der Waals surface area contributed by atoms with Crippen molar-refractivity contribution >= 4 is 18.1 Å². The second-order valence-corrected chi connectivity index (χ2v) is 5.09. The second kappa shape index (κ2) is 30.8. The summed E-state index contributed by atoms with van der Waals surface area (Å²) in [7, 11) is 1.41. The third kappa shape index (κ3) is 26.6. The molecule has 0 aliphatic carbocycles. The molecule has 7 nitrogen and oxygen atoms in total. The number of carbonyl (C=O) groups excluding carboxylic acids is 2. The van der Waals surface area contributed by atoms with Crippen LogP contribution in [0.3, 0.4) is 0 Å². The van der Waals surface area contributed by atoms with Crippen molar-refractivity contribution in [2.24, 2.45) is 4.99 Å². The summed E-state index contributed by atoms with van der Waals surface area (Å²) < 4.78 is 10.1. The van der Waals surface area contributed by atoms with Gasteiger partial charge in [0.1, 0.15) is 13.2 Å². The maximum atomic E-state index is 11.8. The summed E-state index contributed by atoms with van der Waals surface area (Å²) in [6, 6.07) is 0. The molecule has 2 N–H and O–H groups in total. The average molecular weight is 464 g/mol. The molecule has 0 saturated heterocycles. The van der Waals surface area contributed by atoms with Crippen LogP contribution in [0.4, 0.5) is 9.59 Å². The number of aliphatic imine (C=N–C) groups is 1. The number of nitrogens with zero attached hydrogens (tertiary/aromatic N) is 1. The fourth-order valence-electron chi connectivity index (χ4n) is 1.60. The number of alkyl carbamates (subject to hydrolysis) is 2. The van der Waals surface area contributed by atoms with Crippen molar-refractivity contribution in [2.45, 2.75) is 55.4 Å². The molecule has 0 aromatic heterocycles. The van der Waals surface area contributed by atoms with Gasteiger partial charge in [-0.2, -0.15) is 0 Å². The predicted molar refractivity (Wildman–Crippen MR) is 143 cm³/mol. The van der Waals surface area contributed by atoms with E-state index in [1.165, 1.54) is 7.05 Å². The van der Waals surface area contributed by atoms with Crippen LogP contribution >= 0.6 is 0 Å². The lowest BCUT2D eigenvalue weighted by atomic mass is 10.2. The van der Waals surface area contributed by atoms with Crippen LogP contribution in [0.5, 0.6) is 0 Å². The summed E-state index contributed by atoms with van der Waals surface area (Å²) in [6.07, 6.45) is 12.4. The fourth-order valence-corrected chi connectivity index (χ4v) is 1.60. The van der Waals surface area contributed by atoms with Gasteiger partial charge in [0.2, 0.25) is 5.96 Å². The van der Waals surface area contributed by atoms with Gasteiger partial charge in [0.05, 0.1) is 0 Å². The van der Waals surface area contributed by atoms with E-state index < -0.39 is 12.2 Å². The molecule has 0 heterocycles. The van der Waals surface area contributed by atoms with Crippen molar-refractivity contribution < 1.29 is 19.1 Å². The van der Waals surface area contributed by atoms with Gasteiger partial charge in [-0.25, -0.2) is 9.59 Å². The normalized spacial score (nSPS) is 11.0. The van der Waals surface area contributed by atoms with E-state index in [-0.39, 0.29) is 19.2 Å². The molecule has 188 valence electrons. The van der Waals surface area contributed by atoms with Crippen LogP contribution in [-0.4, -0.2) is 38.4 Å². The number of guanidine groups is 1. The molecule has 0 aromatic carbocycles. The average Bonchev–Trinajstić information content (AvgIpc) is 2.85. The summed E-state index contributed by atoms with van der Waals surface area (Å²) in [6.45, 7) is 23.0. The van der Waals surface area contributed by atoms with Gasteiger partial charge in [-0.1, -0.05) is 103 Å². The highest BCUT2D eigenvalue weighted by Gasteiger charge is 2.11. The first kappa shape index (κ1) is 37.0. The standard InChI is InChI=1S/C20H27N3O4.3C2H6/c1-6-9-10-13-16(4)14-26-19(24)22-18(21-5)23-20(25)27-15-17(11-7-2)12-8-3;3*1-2/h6-13H,1-2,14-15H2,3-5H3,(H2,21,22,23,24,25);3*1-2H3/b10-9-,12-8-,16-13+,17-11+;;;. The van der Waals surface area contributed by atoms with Crippen molar-refractivity contribution in [3.63, 3.8) is 0 Å². The SMILES string of the molecule is C=C/C=C\C=C(/C)COC(=O)NC(=NC)NC(=O)OCC(/C=C\C)=C/C=C.CC.CC.CC. The Balaban J connectivity index is -0.000000642. The minimum atomic E-state index is -0.763. The molecular weight excluding hydrogens is 418 g/mol. The van der Waals surface area contributed by atoms with Crippen LogP contribution in [0.25, 0.3) is 0 Å². The van der Waals surface area contributed by atoms with E-state index in [1.54, 1.807) is 42.5 Å². The highest BCUT2D eigenvalue weighted by Crippen LogP contribution is 1.99. The zero-order valence-electron chi connectivity index (χ0n) is 22.0. The Bertz CT molecular complexity index is 673. The van der Waals surface area contributed by atoms with Crippen LogP contribution in [0.1, 0.15) is 55.4 Å². The molecule has 2 amide bonds. The third-order valence-electron chi connectivity index (χ3n) is 2.81. The van der Waals surface area contributed by atoms with Crippen molar-refractivity contribution in [2.75, 3.05) is 20.3 Å². The smallest absolute Gasteiger partial charge is 0.414 e. The number of allylic oxidation sites excluding steroid dienone is 7. The van der Waals surface area contributed by atoms with Gasteiger partial charge in [-0.15, -0.1) is 0 Å². The summed E-state index contributed by atoms with van der Waals surface area (Å²) in [5.74, 6) is -0.0848. The van der Waals surface area contributed by atoms with E-state index in [0.29, 0.717) is 0 Å². The fraction of sp³-hybridized carbons (Fsp3) is 0.423. The molecule has 0 rings (SSSR count). The van der Waals surface area contributed by atoms with Crippen molar-refractivity contribution in [1.29, 1.82) is 0 Å². The Morgan fingerprint density at radius 3 is 1.79 bits per heavy atom. The summed E-state index contributed by atoms with van der Waals surface area (Å²) in [5.41, 5.74) is 1.59. The van der Waals surface area contributed by atoms with Crippen LogP contribution in [0.2, 0.25) is 0 Å². The Hall–Kier alpha value is -3.35. The van der Waals surface area contributed by atoms with E-state index in [4.69, 9.17) is 9.47 Å². The molecule has 0 spiro atoms. The van der Waals surface area contributed by atoms with Gasteiger partial charge in [-0.3, -0.25) is 15.6 Å². The first-order chi connectivity index (χ1) is 16.0. The molecule has 0 fully saturated rings. The van der Waals surface area contributed by atoms with Gasteiger partial charge >= 0.3 is 12.2 Å². The van der Waals surface area contributed by atoms with Gasteiger partial charge < -0.3 is 9.47 Å². The van der Waals surface area contributed by atoms with Crippen LogP contribution < -0.4 is 10.6 Å². The molecule has 0 unspecified atom stereocenters. The number of hydrogen-bond donors (Lipinski definition) is 2. The minimum absolute atomic E-state index is 0.0475. The van der Waals surface area contributed by atoms with Crippen LogP contribution in [0.15, 0.2) is 77.9 Å². The lowest BCUT2D eigenvalue weighted by Crippen LogP contribution is -2.44. The summed E-state index contributed by atoms with van der Waals surface area (Å²) in [5, 5.41) is 4.66. The topological polar surface area (TPSA) is 89.0 Å². The van der Waals surface area contributed by atoms with Crippen molar-refractivity contribution in [3.05, 3.63) is 72.9 Å².